The van der Waals surface area contributed by atoms with Crippen molar-refractivity contribution in [3.63, 3.8) is 0 Å². The normalized spacial score (nSPS) is 17.9. The second-order valence-corrected chi connectivity index (χ2v) is 5.32. The van der Waals surface area contributed by atoms with Crippen molar-refractivity contribution in [3.05, 3.63) is 5.82 Å². The zero-order valence-electron chi connectivity index (χ0n) is 13.0. The third kappa shape index (κ3) is 4.46. The van der Waals surface area contributed by atoms with E-state index in [1.807, 2.05) is 0 Å². The molecule has 0 aromatic carbocycles. The van der Waals surface area contributed by atoms with Gasteiger partial charge in [-0.2, -0.15) is 4.98 Å². The van der Waals surface area contributed by atoms with E-state index in [0.29, 0.717) is 24.0 Å². The van der Waals surface area contributed by atoms with Gasteiger partial charge < -0.3 is 20.5 Å². The van der Waals surface area contributed by atoms with Crippen molar-refractivity contribution < 1.29 is 9.47 Å². The highest BCUT2D eigenvalue weighted by atomic mass is 16.5. The minimum absolute atomic E-state index is 0.244. The molecule has 0 radical (unpaired) electrons. The summed E-state index contributed by atoms with van der Waals surface area (Å²) >= 11 is 0. The highest BCUT2D eigenvalue weighted by Gasteiger charge is 2.18. The first-order valence-electron chi connectivity index (χ1n) is 7.89. The van der Waals surface area contributed by atoms with Crippen molar-refractivity contribution in [1.29, 1.82) is 0 Å². The molecule has 118 valence electrons. The smallest absolute Gasteiger partial charge is 0.242 e. The zero-order valence-corrected chi connectivity index (χ0v) is 13.0. The quantitative estimate of drug-likeness (QED) is 0.766. The third-order valence-electron chi connectivity index (χ3n) is 3.39. The number of aryl methyl sites for hydroxylation is 1. The van der Waals surface area contributed by atoms with Crippen molar-refractivity contribution in [2.24, 2.45) is 0 Å². The van der Waals surface area contributed by atoms with Crippen molar-refractivity contribution in [1.82, 2.24) is 9.97 Å². The molecule has 2 rings (SSSR count). The van der Waals surface area contributed by atoms with Gasteiger partial charge in [-0.05, 0) is 25.7 Å². The minimum Gasteiger partial charge on any atom is -0.476 e. The lowest BCUT2D eigenvalue weighted by atomic mass is 10.2. The SMILES string of the molecule is CCCOc1nc(CCC)nc(NCC2CCCO2)c1N. The van der Waals surface area contributed by atoms with Gasteiger partial charge in [-0.25, -0.2) is 4.98 Å². The number of nitrogens with one attached hydrogen (secondary N) is 1. The second-order valence-electron chi connectivity index (χ2n) is 5.32. The number of hydrogen-bond acceptors (Lipinski definition) is 6. The summed E-state index contributed by atoms with van der Waals surface area (Å²) in [5, 5.41) is 3.29. The van der Waals surface area contributed by atoms with Gasteiger partial charge in [0.2, 0.25) is 5.88 Å². The van der Waals surface area contributed by atoms with Crippen LogP contribution in [0.15, 0.2) is 0 Å². The molecular weight excluding hydrogens is 268 g/mol. The van der Waals surface area contributed by atoms with E-state index in [1.165, 1.54) is 0 Å². The molecule has 0 amide bonds. The van der Waals surface area contributed by atoms with E-state index in [4.69, 9.17) is 15.2 Å². The topological polar surface area (TPSA) is 82.3 Å². The lowest BCUT2D eigenvalue weighted by Crippen LogP contribution is -2.20. The Bertz CT molecular complexity index is 448. The van der Waals surface area contributed by atoms with Crippen LogP contribution in [0.4, 0.5) is 11.5 Å². The molecule has 1 aliphatic heterocycles. The van der Waals surface area contributed by atoms with Crippen molar-refractivity contribution >= 4 is 11.5 Å². The predicted molar refractivity (Wildman–Crippen MR) is 83.7 cm³/mol. The summed E-state index contributed by atoms with van der Waals surface area (Å²) in [7, 11) is 0. The van der Waals surface area contributed by atoms with Gasteiger partial charge in [0.25, 0.3) is 0 Å². The fraction of sp³-hybridized carbons (Fsp3) is 0.733. The van der Waals surface area contributed by atoms with Crippen LogP contribution in [-0.4, -0.2) is 35.8 Å². The van der Waals surface area contributed by atoms with Gasteiger partial charge in [-0.3, -0.25) is 0 Å². The van der Waals surface area contributed by atoms with Crippen LogP contribution >= 0.6 is 0 Å². The Morgan fingerprint density at radius 1 is 1.33 bits per heavy atom. The number of nitrogen functional groups attached to an aromatic ring is 1. The van der Waals surface area contributed by atoms with Crippen LogP contribution in [0.5, 0.6) is 5.88 Å². The first-order valence-corrected chi connectivity index (χ1v) is 7.89. The van der Waals surface area contributed by atoms with Crippen LogP contribution in [-0.2, 0) is 11.2 Å². The first kappa shape index (κ1) is 15.8. The second kappa shape index (κ2) is 8.02. The summed E-state index contributed by atoms with van der Waals surface area (Å²) < 4.78 is 11.2. The highest BCUT2D eigenvalue weighted by molar-refractivity contribution is 5.67. The fourth-order valence-corrected chi connectivity index (χ4v) is 2.29. The lowest BCUT2D eigenvalue weighted by Gasteiger charge is -2.16. The van der Waals surface area contributed by atoms with Gasteiger partial charge in [-0.1, -0.05) is 13.8 Å². The minimum atomic E-state index is 0.244. The molecule has 1 aromatic heterocycles. The number of anilines is 2. The Labute approximate surface area is 126 Å². The monoisotopic (exact) mass is 294 g/mol. The van der Waals surface area contributed by atoms with E-state index in [2.05, 4.69) is 29.1 Å². The van der Waals surface area contributed by atoms with E-state index < -0.39 is 0 Å². The van der Waals surface area contributed by atoms with Crippen molar-refractivity contribution in [2.75, 3.05) is 30.8 Å². The van der Waals surface area contributed by atoms with Crippen molar-refractivity contribution in [2.45, 2.75) is 52.1 Å². The molecule has 1 aromatic rings. The van der Waals surface area contributed by atoms with E-state index in [9.17, 15) is 0 Å². The molecule has 6 heteroatoms. The Morgan fingerprint density at radius 3 is 2.86 bits per heavy atom. The average molecular weight is 294 g/mol. The summed E-state index contributed by atoms with van der Waals surface area (Å²) in [6.45, 7) is 6.34. The molecule has 21 heavy (non-hydrogen) atoms. The summed E-state index contributed by atoms with van der Waals surface area (Å²) in [4.78, 5) is 8.92. The maximum absolute atomic E-state index is 6.12. The third-order valence-corrected chi connectivity index (χ3v) is 3.39. The Balaban J connectivity index is 2.10. The molecule has 1 atom stereocenters. The molecule has 1 aliphatic rings. The van der Waals surface area contributed by atoms with Gasteiger partial charge in [0.05, 0.1) is 12.7 Å². The Morgan fingerprint density at radius 2 is 2.19 bits per heavy atom. The van der Waals surface area contributed by atoms with E-state index in [1.54, 1.807) is 0 Å². The van der Waals surface area contributed by atoms with Gasteiger partial charge in [0, 0.05) is 19.6 Å². The number of rotatable bonds is 8. The average Bonchev–Trinajstić information content (AvgIpc) is 2.99. The zero-order chi connectivity index (χ0) is 15.1. The first-order chi connectivity index (χ1) is 10.2. The highest BCUT2D eigenvalue weighted by Crippen LogP contribution is 2.27. The number of ether oxygens (including phenoxy) is 2. The number of nitrogens with two attached hydrogens (primary N) is 1. The molecule has 1 saturated heterocycles. The Kier molecular flexibility index (Phi) is 6.04. The van der Waals surface area contributed by atoms with Gasteiger partial charge in [-0.15, -0.1) is 0 Å². The predicted octanol–water partition coefficient (Wildman–Crippen LogP) is 2.39. The van der Waals surface area contributed by atoms with Gasteiger partial charge in [0.1, 0.15) is 11.5 Å². The maximum atomic E-state index is 6.12. The summed E-state index contributed by atoms with van der Waals surface area (Å²) in [5.41, 5.74) is 6.61. The lowest BCUT2D eigenvalue weighted by molar-refractivity contribution is 0.120. The van der Waals surface area contributed by atoms with Crippen LogP contribution in [0, 0.1) is 0 Å². The molecule has 1 fully saturated rings. The molecule has 6 nitrogen and oxygen atoms in total. The van der Waals surface area contributed by atoms with Gasteiger partial charge in [0.15, 0.2) is 5.82 Å². The van der Waals surface area contributed by atoms with Crippen LogP contribution in [0.3, 0.4) is 0 Å². The molecule has 0 bridgehead atoms. The molecule has 1 unspecified atom stereocenters. The summed E-state index contributed by atoms with van der Waals surface area (Å²) in [6.07, 6.45) is 5.18. The standard InChI is InChI=1S/C15H26N4O2/c1-3-6-12-18-14(17-10-11-7-5-9-20-11)13(16)15(19-12)21-8-4-2/h11H,3-10,16H2,1-2H3,(H,17,18,19). The summed E-state index contributed by atoms with van der Waals surface area (Å²) in [6, 6.07) is 0. The van der Waals surface area contributed by atoms with E-state index >= 15 is 0 Å². The largest absolute Gasteiger partial charge is 0.476 e. The van der Waals surface area contributed by atoms with Crippen LogP contribution < -0.4 is 15.8 Å². The van der Waals surface area contributed by atoms with E-state index in [-0.39, 0.29) is 6.10 Å². The molecule has 0 saturated carbocycles. The maximum Gasteiger partial charge on any atom is 0.242 e. The molecule has 2 heterocycles. The van der Waals surface area contributed by atoms with E-state index in [0.717, 1.165) is 51.1 Å². The van der Waals surface area contributed by atoms with Crippen LogP contribution in [0.25, 0.3) is 0 Å². The molecular formula is C15H26N4O2. The van der Waals surface area contributed by atoms with Crippen molar-refractivity contribution in [3.8, 4) is 5.88 Å². The van der Waals surface area contributed by atoms with Crippen LogP contribution in [0.1, 0.15) is 45.4 Å². The van der Waals surface area contributed by atoms with Gasteiger partial charge >= 0.3 is 0 Å². The summed E-state index contributed by atoms with van der Waals surface area (Å²) in [5.74, 6) is 1.92. The molecule has 0 spiro atoms. The number of hydrogen-bond donors (Lipinski definition) is 2. The fourth-order valence-electron chi connectivity index (χ4n) is 2.29. The van der Waals surface area contributed by atoms with Crippen LogP contribution in [0.2, 0.25) is 0 Å². The molecule has 0 aliphatic carbocycles. The molecule has 3 N–H and O–H groups in total. The Hall–Kier alpha value is -1.56. The number of aromatic nitrogens is 2. The number of nitrogens with zero attached hydrogens (tertiary/aromatic N) is 2.